The number of allylic oxidation sites excluding steroid dienone is 2. The maximum absolute atomic E-state index is 2.84. The van der Waals surface area contributed by atoms with Crippen molar-refractivity contribution in [2.75, 3.05) is 0 Å². The summed E-state index contributed by atoms with van der Waals surface area (Å²) in [6.07, 6.45) is 17.3. The number of fused-ring (bicyclic) bond motifs is 5. The molecule has 1 heterocycles. The molecule has 2 aliphatic carbocycles. The Kier molecular flexibility index (Phi) is 12.0. The molecule has 0 nitrogen and oxygen atoms in total. The molecule has 1 aliphatic heterocycles. The van der Waals surface area contributed by atoms with Gasteiger partial charge in [0.25, 0.3) is 0 Å². The van der Waals surface area contributed by atoms with Crippen LogP contribution < -0.4 is 13.6 Å². The Labute approximate surface area is 359 Å². The van der Waals surface area contributed by atoms with Crippen LogP contribution in [0.3, 0.4) is 0 Å². The van der Waals surface area contributed by atoms with Crippen molar-refractivity contribution in [3.05, 3.63) is 172 Å². The number of rotatable bonds is 15. The van der Waals surface area contributed by atoms with Gasteiger partial charge in [0.05, 0.1) is 0 Å². The van der Waals surface area contributed by atoms with Gasteiger partial charge in [0.15, 0.2) is 0 Å². The number of hydrogen-bond acceptors (Lipinski definition) is 0. The summed E-state index contributed by atoms with van der Waals surface area (Å²) in [5.74, 6) is 0. The molecule has 0 radical (unpaired) electrons. The maximum atomic E-state index is 2.71. The molecule has 2 atom stereocenters. The summed E-state index contributed by atoms with van der Waals surface area (Å²) in [6, 6.07) is 50.4. The molecule has 6 aromatic carbocycles. The van der Waals surface area contributed by atoms with E-state index < -0.39 is 31.3 Å². The third kappa shape index (κ3) is 7.17. The molecule has 58 heavy (non-hydrogen) atoms. The number of unbranched alkanes of at least 4 members (excludes halogenated alkanes) is 2. The minimum absolute atomic E-state index is 0.501. The summed E-state index contributed by atoms with van der Waals surface area (Å²) < 4.78 is 2.81. The SMILES string of the molecule is CCCCc1ccccc1-c1cccc2c1C=C(CCC)[CH]2[Zr]([c]1cccc2c1[SiH2]c1ccccc1-2)[CH]1C(CCC)=Cc2c(-c3ccccc3CCCC)cccc21. The van der Waals surface area contributed by atoms with Crippen molar-refractivity contribution in [1.29, 1.82) is 0 Å². The number of hydrogen-bond donors (Lipinski definition) is 0. The van der Waals surface area contributed by atoms with Crippen LogP contribution in [0.15, 0.2) is 139 Å². The van der Waals surface area contributed by atoms with Crippen LogP contribution in [0, 0.1) is 0 Å². The monoisotopic (exact) mass is 849 g/mol. The van der Waals surface area contributed by atoms with Gasteiger partial charge in [-0.15, -0.1) is 0 Å². The van der Waals surface area contributed by atoms with Crippen molar-refractivity contribution in [2.45, 2.75) is 99.2 Å². The van der Waals surface area contributed by atoms with Crippen LogP contribution in [0.2, 0.25) is 0 Å². The average Bonchev–Trinajstić information content (AvgIpc) is 3.95. The Morgan fingerprint density at radius 3 is 1.43 bits per heavy atom. The second-order valence-electron chi connectivity index (χ2n) is 17.1. The van der Waals surface area contributed by atoms with E-state index in [0.29, 0.717) is 7.25 Å². The molecule has 0 bridgehead atoms. The van der Waals surface area contributed by atoms with E-state index in [-0.39, 0.29) is 0 Å². The van der Waals surface area contributed by atoms with Crippen LogP contribution in [0.25, 0.3) is 45.5 Å². The zero-order chi connectivity index (χ0) is 39.6. The fourth-order valence-corrected chi connectivity index (χ4v) is 24.8. The molecular formula is C56H59SiZr. The zero-order valence-corrected chi connectivity index (χ0v) is 39.1. The Morgan fingerprint density at radius 2 is 0.897 bits per heavy atom. The van der Waals surface area contributed by atoms with Gasteiger partial charge >= 0.3 is 362 Å². The third-order valence-electron chi connectivity index (χ3n) is 13.4. The molecule has 0 saturated carbocycles. The fourth-order valence-electron chi connectivity index (χ4n) is 10.8. The predicted molar refractivity (Wildman–Crippen MR) is 252 cm³/mol. The first-order chi connectivity index (χ1) is 28.6. The fraction of sp³-hybridized carbons (Fsp3) is 0.286. The van der Waals surface area contributed by atoms with Gasteiger partial charge < -0.3 is 0 Å². The van der Waals surface area contributed by atoms with Crippen molar-refractivity contribution < 1.29 is 21.8 Å². The first-order valence-electron chi connectivity index (χ1n) is 22.6. The van der Waals surface area contributed by atoms with E-state index in [1.165, 1.54) is 101 Å². The minimum atomic E-state index is -2.84. The number of benzene rings is 6. The van der Waals surface area contributed by atoms with Gasteiger partial charge in [-0.1, -0.05) is 0 Å². The van der Waals surface area contributed by atoms with Crippen LogP contribution in [-0.2, 0) is 34.6 Å². The van der Waals surface area contributed by atoms with Crippen LogP contribution in [0.5, 0.6) is 0 Å². The van der Waals surface area contributed by atoms with E-state index in [0.717, 1.165) is 12.8 Å². The van der Waals surface area contributed by atoms with E-state index >= 15 is 0 Å². The standard InChI is InChI=1S/2C22H25.C12H9Si.Zr/c2*1-3-5-10-18-11-6-7-13-20(18)21-14-8-12-19-15-17(9-4-2)16-22(19)21;1-3-7-11-9(5-1)10-6-2-4-8-12(10)13-11;/h2*6-8,11-16H,3-5,9-10H2,1-2H3;1-7H,13H2;. The summed E-state index contributed by atoms with van der Waals surface area (Å²) in [7, 11) is -0.610. The molecule has 0 amide bonds. The molecular weight excluding hydrogens is 792 g/mol. The molecule has 0 aromatic heterocycles. The van der Waals surface area contributed by atoms with Crippen molar-refractivity contribution in [3.8, 4) is 33.4 Å². The summed E-state index contributed by atoms with van der Waals surface area (Å²) >= 11 is -2.84. The zero-order valence-electron chi connectivity index (χ0n) is 35.2. The molecule has 0 fully saturated rings. The summed E-state index contributed by atoms with van der Waals surface area (Å²) in [4.78, 5) is 0. The van der Waals surface area contributed by atoms with Crippen molar-refractivity contribution in [2.24, 2.45) is 0 Å². The number of aryl methyl sites for hydroxylation is 2. The first kappa shape index (κ1) is 39.4. The molecule has 0 spiro atoms. The van der Waals surface area contributed by atoms with Crippen molar-refractivity contribution in [1.82, 2.24) is 0 Å². The van der Waals surface area contributed by atoms with Gasteiger partial charge in [-0.2, -0.15) is 0 Å². The summed E-state index contributed by atoms with van der Waals surface area (Å²) in [5.41, 5.74) is 21.6. The van der Waals surface area contributed by atoms with Crippen LogP contribution in [0.1, 0.15) is 120 Å². The topological polar surface area (TPSA) is 0 Å². The summed E-state index contributed by atoms with van der Waals surface area (Å²) in [5, 5.41) is 3.41. The molecule has 2 heteroatoms. The second kappa shape index (κ2) is 17.6. The molecule has 6 aromatic rings. The van der Waals surface area contributed by atoms with Gasteiger partial charge in [-0.05, 0) is 0 Å². The molecule has 2 unspecified atom stereocenters. The quantitative estimate of drug-likeness (QED) is 0.0902. The van der Waals surface area contributed by atoms with E-state index in [4.69, 9.17) is 0 Å². The van der Waals surface area contributed by atoms with Crippen LogP contribution >= 0.6 is 0 Å². The van der Waals surface area contributed by atoms with E-state index in [2.05, 4.69) is 167 Å². The van der Waals surface area contributed by atoms with Gasteiger partial charge in [0, 0.05) is 0 Å². The van der Waals surface area contributed by atoms with E-state index in [1.807, 2.05) is 3.27 Å². The first-order valence-corrected chi connectivity index (χ1v) is 28.0. The van der Waals surface area contributed by atoms with Gasteiger partial charge in [0.1, 0.15) is 0 Å². The van der Waals surface area contributed by atoms with Crippen LogP contribution in [0.4, 0.5) is 0 Å². The van der Waals surface area contributed by atoms with Gasteiger partial charge in [-0.25, -0.2) is 0 Å². The average molecular weight is 851 g/mol. The van der Waals surface area contributed by atoms with Gasteiger partial charge in [0.2, 0.25) is 0 Å². The van der Waals surface area contributed by atoms with Crippen LogP contribution in [-0.4, -0.2) is 9.52 Å². The van der Waals surface area contributed by atoms with Crippen molar-refractivity contribution >= 4 is 35.3 Å². The molecule has 0 N–H and O–H groups in total. The van der Waals surface area contributed by atoms with E-state index in [9.17, 15) is 0 Å². The Morgan fingerprint density at radius 1 is 0.431 bits per heavy atom. The van der Waals surface area contributed by atoms with Gasteiger partial charge in [-0.3, -0.25) is 0 Å². The molecule has 0 saturated heterocycles. The summed E-state index contributed by atoms with van der Waals surface area (Å²) in [6.45, 7) is 9.45. The second-order valence-corrected chi connectivity index (χ2v) is 25.3. The van der Waals surface area contributed by atoms with E-state index in [1.54, 1.807) is 38.2 Å². The third-order valence-corrected chi connectivity index (χ3v) is 25.5. The Balaban J connectivity index is 1.28. The molecule has 9 rings (SSSR count). The molecule has 3 aliphatic rings. The van der Waals surface area contributed by atoms with Crippen molar-refractivity contribution in [3.63, 3.8) is 0 Å². The Bertz CT molecular complexity index is 2390. The Hall–Kier alpha value is -4.10. The predicted octanol–water partition coefficient (Wildman–Crippen LogP) is 12.9. The normalized spacial score (nSPS) is 16.5. The molecule has 291 valence electrons.